The van der Waals surface area contributed by atoms with Gasteiger partial charge in [-0.1, -0.05) is 29.8 Å². The Balaban J connectivity index is 1.66. The summed E-state index contributed by atoms with van der Waals surface area (Å²) in [6.45, 7) is 4.79. The molecule has 2 aromatic heterocycles. The van der Waals surface area contributed by atoms with Crippen molar-refractivity contribution in [2.75, 3.05) is 7.11 Å². The van der Waals surface area contributed by atoms with Crippen LogP contribution in [0.25, 0.3) is 16.9 Å². The smallest absolute Gasteiger partial charge is 0.119 e. The third-order valence-electron chi connectivity index (χ3n) is 4.94. The zero-order valence-corrected chi connectivity index (χ0v) is 18.7. The quantitative estimate of drug-likeness (QED) is 0.395. The van der Waals surface area contributed by atoms with E-state index < -0.39 is 0 Å². The molecule has 0 saturated carbocycles. The molecule has 0 aliphatic heterocycles. The van der Waals surface area contributed by atoms with Gasteiger partial charge in [-0.15, -0.1) is 11.3 Å². The molecule has 154 valence electrons. The summed E-state index contributed by atoms with van der Waals surface area (Å²) >= 11 is 8.16. The van der Waals surface area contributed by atoms with Crippen molar-refractivity contribution >= 4 is 22.9 Å². The first kappa shape index (κ1) is 20.6. The van der Waals surface area contributed by atoms with Crippen LogP contribution in [0.4, 0.5) is 0 Å². The van der Waals surface area contributed by atoms with Crippen LogP contribution in [-0.4, -0.2) is 21.9 Å². The highest BCUT2D eigenvalue weighted by molar-refractivity contribution is 7.09. The Hall–Kier alpha value is -2.67. The summed E-state index contributed by atoms with van der Waals surface area (Å²) in [5.74, 6) is 0.812. The molecule has 4 rings (SSSR count). The van der Waals surface area contributed by atoms with E-state index in [9.17, 15) is 0 Å². The molecule has 0 spiro atoms. The lowest BCUT2D eigenvalue weighted by Gasteiger charge is -2.11. The molecule has 0 fully saturated rings. The van der Waals surface area contributed by atoms with Crippen LogP contribution in [0.1, 0.15) is 29.2 Å². The molecule has 2 heterocycles. The number of thiazole rings is 1. The summed E-state index contributed by atoms with van der Waals surface area (Å²) in [6.07, 6.45) is 2.05. The Morgan fingerprint density at radius 3 is 2.60 bits per heavy atom. The first-order valence-electron chi connectivity index (χ1n) is 9.68. The van der Waals surface area contributed by atoms with Crippen LogP contribution in [0.5, 0.6) is 5.75 Å². The minimum Gasteiger partial charge on any atom is -0.497 e. The number of benzene rings is 2. The van der Waals surface area contributed by atoms with Crippen LogP contribution in [0.3, 0.4) is 0 Å². The molecule has 30 heavy (non-hydrogen) atoms. The minimum atomic E-state index is 0.137. The fraction of sp³-hybridized carbons (Fsp3) is 0.217. The molecule has 0 aliphatic carbocycles. The maximum Gasteiger partial charge on any atom is 0.119 e. The van der Waals surface area contributed by atoms with E-state index in [1.165, 1.54) is 0 Å². The molecule has 7 heteroatoms. The number of rotatable bonds is 7. The van der Waals surface area contributed by atoms with E-state index in [1.54, 1.807) is 18.4 Å². The molecule has 1 N–H and O–H groups in total. The van der Waals surface area contributed by atoms with Gasteiger partial charge in [-0.25, -0.2) is 9.67 Å². The number of aromatic nitrogens is 3. The van der Waals surface area contributed by atoms with Gasteiger partial charge in [0.05, 0.1) is 34.2 Å². The molecular formula is C23H23ClN4OS. The van der Waals surface area contributed by atoms with Crippen LogP contribution in [-0.2, 0) is 6.54 Å². The number of aryl methyl sites for hydroxylation is 1. The van der Waals surface area contributed by atoms with E-state index in [2.05, 4.69) is 22.6 Å². The molecule has 0 saturated heterocycles. The average molecular weight is 439 g/mol. The number of hydrogen-bond donors (Lipinski definition) is 1. The van der Waals surface area contributed by atoms with Gasteiger partial charge >= 0.3 is 0 Å². The summed E-state index contributed by atoms with van der Waals surface area (Å²) in [6, 6.07) is 15.8. The summed E-state index contributed by atoms with van der Waals surface area (Å²) in [5.41, 5.74) is 4.86. The average Bonchev–Trinajstić information content (AvgIpc) is 3.39. The lowest BCUT2D eigenvalue weighted by molar-refractivity contribution is 0.414. The summed E-state index contributed by atoms with van der Waals surface area (Å²) in [5, 5.41) is 12.3. The number of nitrogens with zero attached hydrogens (tertiary/aromatic N) is 3. The van der Waals surface area contributed by atoms with Crippen molar-refractivity contribution < 1.29 is 4.74 Å². The van der Waals surface area contributed by atoms with Crippen molar-refractivity contribution in [3.8, 4) is 22.7 Å². The number of halogens is 1. The van der Waals surface area contributed by atoms with Gasteiger partial charge in [-0.3, -0.25) is 0 Å². The van der Waals surface area contributed by atoms with E-state index in [0.29, 0.717) is 11.6 Å². The molecule has 1 unspecified atom stereocenters. The van der Waals surface area contributed by atoms with E-state index in [4.69, 9.17) is 21.4 Å². The van der Waals surface area contributed by atoms with Gasteiger partial charge in [-0.2, -0.15) is 5.10 Å². The third-order valence-corrected chi connectivity index (χ3v) is 6.06. The molecule has 5 nitrogen and oxygen atoms in total. The fourth-order valence-electron chi connectivity index (χ4n) is 3.23. The highest BCUT2D eigenvalue weighted by atomic mass is 35.5. The van der Waals surface area contributed by atoms with Crippen molar-refractivity contribution in [3.05, 3.63) is 81.4 Å². The predicted octanol–water partition coefficient (Wildman–Crippen LogP) is 5.82. The summed E-state index contributed by atoms with van der Waals surface area (Å²) in [4.78, 5) is 4.59. The second-order valence-electron chi connectivity index (χ2n) is 7.02. The second-order valence-corrected chi connectivity index (χ2v) is 8.49. The zero-order chi connectivity index (χ0) is 21.1. The van der Waals surface area contributed by atoms with Crippen LogP contribution in [0.2, 0.25) is 5.02 Å². The lowest BCUT2D eigenvalue weighted by Crippen LogP contribution is -2.18. The molecule has 1 atom stereocenters. The third kappa shape index (κ3) is 4.41. The number of ether oxygens (including phenoxy) is 1. The maximum atomic E-state index is 6.49. The van der Waals surface area contributed by atoms with E-state index >= 15 is 0 Å². The highest BCUT2D eigenvalue weighted by Gasteiger charge is 2.16. The zero-order valence-electron chi connectivity index (χ0n) is 17.1. The van der Waals surface area contributed by atoms with E-state index in [0.717, 1.165) is 39.0 Å². The van der Waals surface area contributed by atoms with Crippen LogP contribution >= 0.6 is 22.9 Å². The van der Waals surface area contributed by atoms with Gasteiger partial charge in [0.25, 0.3) is 0 Å². The fourth-order valence-corrected chi connectivity index (χ4v) is 4.16. The van der Waals surface area contributed by atoms with Crippen LogP contribution in [0.15, 0.2) is 60.1 Å². The summed E-state index contributed by atoms with van der Waals surface area (Å²) < 4.78 is 7.15. The Morgan fingerprint density at radius 2 is 1.93 bits per heavy atom. The molecule has 2 aromatic carbocycles. The van der Waals surface area contributed by atoms with Crippen LogP contribution < -0.4 is 10.1 Å². The van der Waals surface area contributed by atoms with Gasteiger partial charge in [0, 0.05) is 35.3 Å². The van der Waals surface area contributed by atoms with Gasteiger partial charge in [0.1, 0.15) is 5.75 Å². The highest BCUT2D eigenvalue weighted by Crippen LogP contribution is 2.30. The van der Waals surface area contributed by atoms with E-state index in [1.807, 2.05) is 66.3 Å². The number of methoxy groups -OCH3 is 1. The Kier molecular flexibility index (Phi) is 6.18. The minimum absolute atomic E-state index is 0.137. The van der Waals surface area contributed by atoms with Gasteiger partial charge in [0.15, 0.2) is 0 Å². The monoisotopic (exact) mass is 438 g/mol. The van der Waals surface area contributed by atoms with Crippen LogP contribution in [0, 0.1) is 6.92 Å². The summed E-state index contributed by atoms with van der Waals surface area (Å²) in [7, 11) is 1.66. The van der Waals surface area contributed by atoms with Gasteiger partial charge in [-0.05, 0) is 44.2 Å². The predicted molar refractivity (Wildman–Crippen MR) is 123 cm³/mol. The van der Waals surface area contributed by atoms with Crippen molar-refractivity contribution in [2.24, 2.45) is 0 Å². The first-order valence-corrected chi connectivity index (χ1v) is 10.9. The molecule has 0 aliphatic rings. The van der Waals surface area contributed by atoms with Crippen molar-refractivity contribution in [3.63, 3.8) is 0 Å². The number of hydrogen-bond acceptors (Lipinski definition) is 5. The molecular weight excluding hydrogens is 416 g/mol. The van der Waals surface area contributed by atoms with E-state index in [-0.39, 0.29) is 6.04 Å². The number of nitrogens with one attached hydrogen (secondary N) is 1. The molecule has 0 bridgehead atoms. The first-order chi connectivity index (χ1) is 14.5. The Bertz CT molecular complexity index is 1140. The van der Waals surface area contributed by atoms with Crippen molar-refractivity contribution in [1.82, 2.24) is 20.1 Å². The molecule has 4 aromatic rings. The lowest BCUT2D eigenvalue weighted by atomic mass is 10.1. The molecule has 0 amide bonds. The van der Waals surface area contributed by atoms with Gasteiger partial charge in [0.2, 0.25) is 0 Å². The maximum absolute atomic E-state index is 6.49. The largest absolute Gasteiger partial charge is 0.497 e. The standard InChI is InChI=1S/C23H23ClN4OS/c1-15(22-14-30-16(2)26-22)25-12-17-13-28(18-8-10-19(29-3)11-9-18)27-23(17)20-6-4-5-7-21(20)24/h4-11,13-15,25H,12H2,1-3H3. The van der Waals surface area contributed by atoms with Crippen molar-refractivity contribution in [2.45, 2.75) is 26.4 Å². The normalized spacial score (nSPS) is 12.1. The van der Waals surface area contributed by atoms with Gasteiger partial charge < -0.3 is 10.1 Å². The van der Waals surface area contributed by atoms with Crippen molar-refractivity contribution in [1.29, 1.82) is 0 Å². The topological polar surface area (TPSA) is 52.0 Å². The Labute approximate surface area is 185 Å². The Morgan fingerprint density at radius 1 is 1.17 bits per heavy atom. The molecule has 0 radical (unpaired) electrons. The second kappa shape index (κ2) is 9.00. The SMILES string of the molecule is COc1ccc(-n2cc(CNC(C)c3csc(C)n3)c(-c3ccccc3Cl)n2)cc1.